The van der Waals surface area contributed by atoms with Crippen molar-refractivity contribution in [3.8, 4) is 0 Å². The summed E-state index contributed by atoms with van der Waals surface area (Å²) in [6, 6.07) is 0.896. The Kier molecular flexibility index (Phi) is 3.58. The van der Waals surface area contributed by atoms with Gasteiger partial charge in [0.05, 0.1) is 6.42 Å². The quantitative estimate of drug-likeness (QED) is 0.808. The number of amides is 2. The lowest BCUT2D eigenvalue weighted by molar-refractivity contribution is -0.139. The molecule has 1 N–H and O–H groups in total. The minimum atomic E-state index is -0.768. The van der Waals surface area contributed by atoms with E-state index in [0.717, 1.165) is 13.1 Å². The van der Waals surface area contributed by atoms with E-state index in [2.05, 4.69) is 11.8 Å². The van der Waals surface area contributed by atoms with E-state index in [1.165, 1.54) is 19.4 Å². The zero-order valence-electron chi connectivity index (χ0n) is 12.0. The maximum atomic E-state index is 12.5. The van der Waals surface area contributed by atoms with Gasteiger partial charge in [0.2, 0.25) is 0 Å². The second-order valence-corrected chi connectivity index (χ2v) is 6.44. The molecule has 3 aliphatic heterocycles. The number of likely N-dealkylation sites (tertiary alicyclic amines) is 1. The van der Waals surface area contributed by atoms with Gasteiger partial charge in [0.15, 0.2) is 0 Å². The zero-order chi connectivity index (χ0) is 14.3. The average Bonchev–Trinajstić information content (AvgIpc) is 2.78. The smallest absolute Gasteiger partial charge is 0.320 e. The Morgan fingerprint density at radius 3 is 2.65 bits per heavy atom. The van der Waals surface area contributed by atoms with Crippen LogP contribution in [0.2, 0.25) is 0 Å². The first-order valence-electron chi connectivity index (χ1n) is 7.56. The fraction of sp³-hybridized carbons (Fsp3) is 0.857. The first-order valence-corrected chi connectivity index (χ1v) is 7.56. The number of piperazine rings is 1. The minimum Gasteiger partial charge on any atom is -0.481 e. The number of rotatable bonds is 2. The Bertz CT molecular complexity index is 408. The fourth-order valence-corrected chi connectivity index (χ4v) is 3.74. The van der Waals surface area contributed by atoms with Gasteiger partial charge in [0.1, 0.15) is 0 Å². The van der Waals surface area contributed by atoms with E-state index in [4.69, 9.17) is 5.11 Å². The minimum absolute atomic E-state index is 0.102. The highest BCUT2D eigenvalue weighted by Crippen LogP contribution is 2.27. The van der Waals surface area contributed by atoms with Crippen LogP contribution in [0.15, 0.2) is 0 Å². The van der Waals surface area contributed by atoms with E-state index in [-0.39, 0.29) is 24.4 Å². The van der Waals surface area contributed by atoms with Crippen molar-refractivity contribution in [2.24, 2.45) is 5.92 Å². The van der Waals surface area contributed by atoms with E-state index < -0.39 is 5.97 Å². The van der Waals surface area contributed by atoms with E-state index in [0.29, 0.717) is 19.1 Å². The summed E-state index contributed by atoms with van der Waals surface area (Å²) in [4.78, 5) is 29.4. The van der Waals surface area contributed by atoms with Crippen molar-refractivity contribution in [2.45, 2.75) is 38.3 Å². The number of carbonyl (C=O) groups excluding carboxylic acids is 1. The highest BCUT2D eigenvalue weighted by Gasteiger charge is 2.41. The third-order valence-electron chi connectivity index (χ3n) is 4.87. The largest absolute Gasteiger partial charge is 0.481 e. The zero-order valence-corrected chi connectivity index (χ0v) is 12.0. The van der Waals surface area contributed by atoms with Crippen LogP contribution in [0.3, 0.4) is 0 Å². The van der Waals surface area contributed by atoms with E-state index in [1.807, 2.05) is 4.90 Å². The van der Waals surface area contributed by atoms with Crippen molar-refractivity contribution in [1.82, 2.24) is 14.7 Å². The van der Waals surface area contributed by atoms with Crippen molar-refractivity contribution < 1.29 is 14.7 Å². The summed E-state index contributed by atoms with van der Waals surface area (Å²) in [5.41, 5.74) is 0. The van der Waals surface area contributed by atoms with Gasteiger partial charge < -0.3 is 14.9 Å². The summed E-state index contributed by atoms with van der Waals surface area (Å²) in [5.74, 6) is -0.630. The monoisotopic (exact) mass is 281 g/mol. The van der Waals surface area contributed by atoms with Crippen LogP contribution in [-0.2, 0) is 4.79 Å². The molecule has 3 heterocycles. The number of aliphatic carboxylic acids is 1. The van der Waals surface area contributed by atoms with Crippen molar-refractivity contribution in [2.75, 3.05) is 32.7 Å². The van der Waals surface area contributed by atoms with Crippen LogP contribution in [0, 0.1) is 5.92 Å². The van der Waals surface area contributed by atoms with Gasteiger partial charge in [-0.15, -0.1) is 0 Å². The van der Waals surface area contributed by atoms with Gasteiger partial charge in [-0.05, 0) is 26.3 Å². The van der Waals surface area contributed by atoms with Gasteiger partial charge in [-0.3, -0.25) is 9.69 Å². The molecule has 112 valence electrons. The molecule has 2 atom stereocenters. The standard InChI is InChI=1S/C14H23N3O3/c1-10-6-15-4-2-3-12(15)9-17(10)14(20)16-7-11(8-16)5-13(18)19/h10-12H,2-9H2,1H3,(H,18,19). The normalized spacial score (nSPS) is 31.1. The Labute approximate surface area is 119 Å². The highest BCUT2D eigenvalue weighted by molar-refractivity contribution is 5.76. The van der Waals surface area contributed by atoms with Crippen LogP contribution in [0.5, 0.6) is 0 Å². The third kappa shape index (κ3) is 2.49. The second kappa shape index (κ2) is 5.24. The number of hydrogen-bond donors (Lipinski definition) is 1. The molecule has 0 aromatic heterocycles. The number of carboxylic acid groups (broad SMARTS) is 1. The third-order valence-corrected chi connectivity index (χ3v) is 4.87. The predicted molar refractivity (Wildman–Crippen MR) is 73.5 cm³/mol. The molecule has 0 spiro atoms. The Morgan fingerprint density at radius 2 is 1.95 bits per heavy atom. The summed E-state index contributed by atoms with van der Waals surface area (Å²) in [7, 11) is 0. The summed E-state index contributed by atoms with van der Waals surface area (Å²) >= 11 is 0. The Hall–Kier alpha value is -1.30. The van der Waals surface area contributed by atoms with Gasteiger partial charge in [0.25, 0.3) is 0 Å². The molecule has 6 nitrogen and oxygen atoms in total. The van der Waals surface area contributed by atoms with E-state index in [9.17, 15) is 9.59 Å². The number of fused-ring (bicyclic) bond motifs is 1. The molecule has 20 heavy (non-hydrogen) atoms. The lowest BCUT2D eigenvalue weighted by atomic mass is 9.96. The van der Waals surface area contributed by atoms with Crippen LogP contribution < -0.4 is 0 Å². The first-order chi connectivity index (χ1) is 9.54. The summed E-state index contributed by atoms with van der Waals surface area (Å²) in [6.45, 7) is 6.29. The molecule has 0 aliphatic carbocycles. The molecule has 2 amide bonds. The van der Waals surface area contributed by atoms with Gasteiger partial charge in [-0.25, -0.2) is 4.79 Å². The SMILES string of the molecule is CC1CN2CCCC2CN1C(=O)N1CC(CC(=O)O)C1. The topological polar surface area (TPSA) is 64.1 Å². The van der Waals surface area contributed by atoms with Crippen LogP contribution in [0.4, 0.5) is 4.79 Å². The van der Waals surface area contributed by atoms with Crippen molar-refractivity contribution in [3.63, 3.8) is 0 Å². The second-order valence-electron chi connectivity index (χ2n) is 6.44. The van der Waals surface area contributed by atoms with Gasteiger partial charge in [-0.2, -0.15) is 0 Å². The summed E-state index contributed by atoms with van der Waals surface area (Å²) < 4.78 is 0. The van der Waals surface area contributed by atoms with Gasteiger partial charge in [0, 0.05) is 44.2 Å². The summed E-state index contributed by atoms with van der Waals surface area (Å²) in [5, 5.41) is 8.75. The average molecular weight is 281 g/mol. The fourth-order valence-electron chi connectivity index (χ4n) is 3.74. The lowest BCUT2D eigenvalue weighted by Gasteiger charge is -2.47. The number of carboxylic acids is 1. The molecule has 3 fully saturated rings. The maximum absolute atomic E-state index is 12.5. The molecule has 3 rings (SSSR count). The molecule has 0 saturated carbocycles. The van der Waals surface area contributed by atoms with E-state index in [1.54, 1.807) is 4.90 Å². The van der Waals surface area contributed by atoms with Crippen LogP contribution >= 0.6 is 0 Å². The number of nitrogens with zero attached hydrogens (tertiary/aromatic N) is 3. The molecule has 2 unspecified atom stereocenters. The number of urea groups is 1. The molecule has 0 aromatic rings. The molecular formula is C14H23N3O3. The molecule has 0 radical (unpaired) electrons. The number of carbonyl (C=O) groups is 2. The molecule has 3 aliphatic rings. The van der Waals surface area contributed by atoms with Crippen molar-refractivity contribution in [1.29, 1.82) is 0 Å². The molecule has 0 bridgehead atoms. The van der Waals surface area contributed by atoms with Gasteiger partial charge >= 0.3 is 12.0 Å². The van der Waals surface area contributed by atoms with Gasteiger partial charge in [-0.1, -0.05) is 0 Å². The van der Waals surface area contributed by atoms with Crippen molar-refractivity contribution in [3.05, 3.63) is 0 Å². The van der Waals surface area contributed by atoms with E-state index >= 15 is 0 Å². The predicted octanol–water partition coefficient (Wildman–Crippen LogP) is 0.681. The van der Waals surface area contributed by atoms with Crippen LogP contribution in [-0.4, -0.2) is 76.6 Å². The Morgan fingerprint density at radius 1 is 1.20 bits per heavy atom. The summed E-state index contributed by atoms with van der Waals surface area (Å²) in [6.07, 6.45) is 2.61. The van der Waals surface area contributed by atoms with Crippen LogP contribution in [0.25, 0.3) is 0 Å². The highest BCUT2D eigenvalue weighted by atomic mass is 16.4. The molecular weight excluding hydrogens is 258 g/mol. The molecule has 0 aromatic carbocycles. The van der Waals surface area contributed by atoms with Crippen molar-refractivity contribution >= 4 is 12.0 Å². The number of hydrogen-bond acceptors (Lipinski definition) is 3. The lowest BCUT2D eigenvalue weighted by Crippen LogP contribution is -2.63. The van der Waals surface area contributed by atoms with Crippen LogP contribution in [0.1, 0.15) is 26.2 Å². The molecule has 3 saturated heterocycles. The Balaban J connectivity index is 1.54. The first kappa shape index (κ1) is 13.7. The maximum Gasteiger partial charge on any atom is 0.320 e. The molecule has 6 heteroatoms.